The molecule has 2 aromatic rings. The van der Waals surface area contributed by atoms with Gasteiger partial charge in [-0.25, -0.2) is 0 Å². The van der Waals surface area contributed by atoms with Crippen molar-refractivity contribution in [2.24, 2.45) is 12.0 Å². The molecule has 1 fully saturated rings. The quantitative estimate of drug-likeness (QED) is 0.376. The third kappa shape index (κ3) is 5.55. The van der Waals surface area contributed by atoms with Crippen LogP contribution >= 0.6 is 24.0 Å². The molecule has 1 aliphatic carbocycles. The Morgan fingerprint density at radius 1 is 1.29 bits per heavy atom. The second kappa shape index (κ2) is 9.06. The van der Waals surface area contributed by atoms with Gasteiger partial charge in [0.05, 0.1) is 6.54 Å². The van der Waals surface area contributed by atoms with E-state index in [1.807, 2.05) is 41.9 Å². The second-order valence-electron chi connectivity index (χ2n) is 6.69. The number of hydrogen-bond acceptors (Lipinski definition) is 2. The Morgan fingerprint density at radius 2 is 2.00 bits per heavy atom. The minimum Gasteiger partial charge on any atom is -0.405 e. The predicted molar refractivity (Wildman–Crippen MR) is 113 cm³/mol. The molecule has 0 saturated heterocycles. The first-order valence-corrected chi connectivity index (χ1v) is 8.68. The van der Waals surface area contributed by atoms with E-state index < -0.39 is 6.36 Å². The highest BCUT2D eigenvalue weighted by molar-refractivity contribution is 14.0. The first kappa shape index (κ1) is 22.4. The molecular weight excluding hydrogens is 484 g/mol. The minimum absolute atomic E-state index is 0. The summed E-state index contributed by atoms with van der Waals surface area (Å²) in [4.78, 5) is 6.29. The number of nitrogens with zero attached hydrogens (tertiary/aromatic N) is 3. The maximum Gasteiger partial charge on any atom is 0.573 e. The first-order chi connectivity index (χ1) is 12.8. The molecule has 2 unspecified atom stereocenters. The number of aryl methyl sites for hydroxylation is 1. The topological polar surface area (TPSA) is 41.8 Å². The van der Waals surface area contributed by atoms with E-state index in [0.29, 0.717) is 18.1 Å². The molecule has 0 radical (unpaired) electrons. The molecule has 1 heterocycles. The smallest absolute Gasteiger partial charge is 0.405 e. The van der Waals surface area contributed by atoms with Crippen LogP contribution in [0.1, 0.15) is 23.6 Å². The molecule has 3 rings (SSSR count). The molecule has 28 heavy (non-hydrogen) atoms. The van der Waals surface area contributed by atoms with Gasteiger partial charge in [-0.15, -0.1) is 37.1 Å². The minimum atomic E-state index is -4.70. The van der Waals surface area contributed by atoms with Crippen LogP contribution in [0, 0.1) is 0 Å². The van der Waals surface area contributed by atoms with E-state index in [1.54, 1.807) is 25.2 Å². The van der Waals surface area contributed by atoms with E-state index in [1.165, 1.54) is 6.07 Å². The molecule has 1 saturated carbocycles. The van der Waals surface area contributed by atoms with E-state index >= 15 is 0 Å². The third-order valence-electron chi connectivity index (χ3n) is 4.67. The van der Waals surface area contributed by atoms with Crippen molar-refractivity contribution in [3.63, 3.8) is 0 Å². The zero-order valence-electron chi connectivity index (χ0n) is 15.9. The van der Waals surface area contributed by atoms with Crippen molar-refractivity contribution in [1.82, 2.24) is 14.8 Å². The van der Waals surface area contributed by atoms with Crippen molar-refractivity contribution in [3.8, 4) is 5.75 Å². The van der Waals surface area contributed by atoms with E-state index in [2.05, 4.69) is 15.0 Å². The number of para-hydroxylation sites is 1. The number of aliphatic imine (C=N–C) groups is 1. The highest BCUT2D eigenvalue weighted by Crippen LogP contribution is 2.45. The van der Waals surface area contributed by atoms with Gasteiger partial charge in [-0.05, 0) is 30.2 Å². The molecular formula is C19H24F3IN4O. The molecule has 1 aromatic heterocycles. The van der Waals surface area contributed by atoms with E-state index in [4.69, 9.17) is 0 Å². The van der Waals surface area contributed by atoms with Crippen LogP contribution in [-0.2, 0) is 13.6 Å². The fraction of sp³-hybridized carbons (Fsp3) is 0.421. The maximum atomic E-state index is 12.6. The zero-order valence-corrected chi connectivity index (χ0v) is 18.2. The second-order valence-corrected chi connectivity index (χ2v) is 6.69. The standard InChI is InChI=1S/C19H23F3N4O.HI/c1-23-18(26(3)12-13-7-6-10-25(13)2)24-16-11-15(16)14-8-4-5-9-17(14)27-19(20,21)22;/h4-10,15-16H,11-12H2,1-3H3,(H,23,24);1H. The lowest BCUT2D eigenvalue weighted by Crippen LogP contribution is -2.40. The Hall–Kier alpha value is -1.91. The monoisotopic (exact) mass is 508 g/mol. The van der Waals surface area contributed by atoms with Gasteiger partial charge in [0.15, 0.2) is 5.96 Å². The van der Waals surface area contributed by atoms with Crippen LogP contribution in [0.4, 0.5) is 13.2 Å². The summed E-state index contributed by atoms with van der Waals surface area (Å²) in [5.41, 5.74) is 1.70. The number of aromatic nitrogens is 1. The van der Waals surface area contributed by atoms with Crippen molar-refractivity contribution in [2.45, 2.75) is 31.3 Å². The van der Waals surface area contributed by atoms with Crippen LogP contribution < -0.4 is 10.1 Å². The number of nitrogens with one attached hydrogen (secondary N) is 1. The summed E-state index contributed by atoms with van der Waals surface area (Å²) in [7, 11) is 5.61. The average Bonchev–Trinajstić information content (AvgIpc) is 3.25. The normalized spacial score (nSPS) is 19.0. The molecule has 2 atom stereocenters. The van der Waals surface area contributed by atoms with Crippen molar-refractivity contribution in [1.29, 1.82) is 0 Å². The number of halogens is 4. The summed E-state index contributed by atoms with van der Waals surface area (Å²) in [6, 6.07) is 10.4. The van der Waals surface area contributed by atoms with Gasteiger partial charge in [-0.3, -0.25) is 4.99 Å². The van der Waals surface area contributed by atoms with E-state index in [0.717, 1.165) is 12.1 Å². The van der Waals surface area contributed by atoms with Crippen LogP contribution in [0.5, 0.6) is 5.75 Å². The summed E-state index contributed by atoms with van der Waals surface area (Å²) >= 11 is 0. The van der Waals surface area contributed by atoms with Gasteiger partial charge in [-0.2, -0.15) is 0 Å². The van der Waals surface area contributed by atoms with E-state index in [-0.39, 0.29) is 41.7 Å². The lowest BCUT2D eigenvalue weighted by Gasteiger charge is -2.22. The Morgan fingerprint density at radius 3 is 2.61 bits per heavy atom. The van der Waals surface area contributed by atoms with Crippen LogP contribution in [0.25, 0.3) is 0 Å². The van der Waals surface area contributed by atoms with Gasteiger partial charge >= 0.3 is 6.36 Å². The Kier molecular flexibility index (Phi) is 7.24. The predicted octanol–water partition coefficient (Wildman–Crippen LogP) is 4.11. The van der Waals surface area contributed by atoms with Gasteiger partial charge in [0, 0.05) is 45.0 Å². The van der Waals surface area contributed by atoms with Crippen LogP contribution in [0.3, 0.4) is 0 Å². The number of hydrogen-bond donors (Lipinski definition) is 1. The van der Waals surface area contributed by atoms with Gasteiger partial charge in [0.25, 0.3) is 0 Å². The molecule has 1 aliphatic rings. The average molecular weight is 508 g/mol. The molecule has 1 aromatic carbocycles. The molecule has 154 valence electrons. The number of rotatable bonds is 5. The number of guanidine groups is 1. The van der Waals surface area contributed by atoms with Gasteiger partial charge in [-0.1, -0.05) is 18.2 Å². The molecule has 0 aliphatic heterocycles. The largest absolute Gasteiger partial charge is 0.573 e. The molecule has 0 amide bonds. The summed E-state index contributed by atoms with van der Waals surface area (Å²) in [6.45, 7) is 0.675. The zero-order chi connectivity index (χ0) is 19.6. The summed E-state index contributed by atoms with van der Waals surface area (Å²) in [5, 5.41) is 3.34. The van der Waals surface area contributed by atoms with Crippen molar-refractivity contribution in [2.75, 3.05) is 14.1 Å². The van der Waals surface area contributed by atoms with Crippen molar-refractivity contribution < 1.29 is 17.9 Å². The Balaban J connectivity index is 0.00000280. The molecule has 0 spiro atoms. The summed E-state index contributed by atoms with van der Waals surface area (Å²) in [5.74, 6) is 0.535. The summed E-state index contributed by atoms with van der Waals surface area (Å²) in [6.07, 6.45) is -1.98. The molecule has 0 bridgehead atoms. The fourth-order valence-corrected chi connectivity index (χ4v) is 3.19. The SMILES string of the molecule is CN=C(NC1CC1c1ccccc1OC(F)(F)F)N(C)Cc1cccn1C.I. The Bertz CT molecular complexity index is 822. The highest BCUT2D eigenvalue weighted by atomic mass is 127. The fourth-order valence-electron chi connectivity index (χ4n) is 3.19. The third-order valence-corrected chi connectivity index (χ3v) is 4.67. The number of ether oxygens (including phenoxy) is 1. The van der Waals surface area contributed by atoms with Gasteiger partial charge in [0.2, 0.25) is 0 Å². The maximum absolute atomic E-state index is 12.6. The van der Waals surface area contributed by atoms with Gasteiger partial charge < -0.3 is 19.5 Å². The molecule has 9 heteroatoms. The molecule has 5 nitrogen and oxygen atoms in total. The van der Waals surface area contributed by atoms with Crippen LogP contribution in [0.2, 0.25) is 0 Å². The van der Waals surface area contributed by atoms with Crippen molar-refractivity contribution in [3.05, 3.63) is 53.9 Å². The van der Waals surface area contributed by atoms with E-state index in [9.17, 15) is 13.2 Å². The number of benzene rings is 1. The van der Waals surface area contributed by atoms with Crippen molar-refractivity contribution >= 4 is 29.9 Å². The molecule has 1 N–H and O–H groups in total. The summed E-state index contributed by atoms with van der Waals surface area (Å²) < 4.78 is 44.1. The lowest BCUT2D eigenvalue weighted by atomic mass is 10.1. The highest BCUT2D eigenvalue weighted by Gasteiger charge is 2.42. The van der Waals surface area contributed by atoms with Crippen LogP contribution in [-0.4, -0.2) is 41.9 Å². The first-order valence-electron chi connectivity index (χ1n) is 8.68. The van der Waals surface area contributed by atoms with Crippen LogP contribution in [0.15, 0.2) is 47.6 Å². The Labute approximate surface area is 179 Å². The van der Waals surface area contributed by atoms with Gasteiger partial charge in [0.1, 0.15) is 5.75 Å². The number of alkyl halides is 3. The lowest BCUT2D eigenvalue weighted by molar-refractivity contribution is -0.274.